The molecule has 2 nitrogen and oxygen atoms in total. The number of nitrogens with two attached hydrogens (primary N) is 1. The lowest BCUT2D eigenvalue weighted by Crippen LogP contribution is -2.44. The molecule has 4 atom stereocenters. The lowest BCUT2D eigenvalue weighted by atomic mass is 9.66. The minimum Gasteiger partial charge on any atom is -0.271 e. The van der Waals surface area contributed by atoms with E-state index in [1.54, 1.807) is 0 Å². The molecule has 0 bridgehead atoms. The van der Waals surface area contributed by atoms with Gasteiger partial charge in [0.05, 0.1) is 0 Å². The molecule has 0 aromatic heterocycles. The van der Waals surface area contributed by atoms with Crippen molar-refractivity contribution in [3.8, 4) is 0 Å². The topological polar surface area (TPSA) is 38.0 Å². The van der Waals surface area contributed by atoms with Crippen LogP contribution in [0.25, 0.3) is 0 Å². The summed E-state index contributed by atoms with van der Waals surface area (Å²) >= 11 is 0. The van der Waals surface area contributed by atoms with Crippen molar-refractivity contribution < 1.29 is 0 Å². The molecule has 4 unspecified atom stereocenters. The molecule has 2 heteroatoms. The predicted octanol–water partition coefficient (Wildman–Crippen LogP) is 4.01. The van der Waals surface area contributed by atoms with Gasteiger partial charge < -0.3 is 0 Å². The zero-order valence-electron chi connectivity index (χ0n) is 12.2. The molecule has 0 amide bonds. The van der Waals surface area contributed by atoms with Crippen molar-refractivity contribution in [2.75, 3.05) is 0 Å². The molecule has 2 saturated carbocycles. The first-order valence-corrected chi connectivity index (χ1v) is 8.31. The lowest BCUT2D eigenvalue weighted by molar-refractivity contribution is 0.106. The van der Waals surface area contributed by atoms with Gasteiger partial charge in [-0.2, -0.15) is 0 Å². The number of hydrogen-bond acceptors (Lipinski definition) is 2. The Bertz CT molecular complexity index is 229. The van der Waals surface area contributed by atoms with Gasteiger partial charge in [-0.1, -0.05) is 51.9 Å². The maximum absolute atomic E-state index is 5.80. The second kappa shape index (κ2) is 7.49. The molecule has 0 radical (unpaired) electrons. The van der Waals surface area contributed by atoms with Gasteiger partial charge in [-0.3, -0.25) is 11.3 Å². The van der Waals surface area contributed by atoms with Crippen molar-refractivity contribution in [2.24, 2.45) is 23.6 Å². The van der Waals surface area contributed by atoms with Crippen LogP contribution in [-0.2, 0) is 0 Å². The summed E-state index contributed by atoms with van der Waals surface area (Å²) in [4.78, 5) is 0. The van der Waals surface area contributed by atoms with E-state index < -0.39 is 0 Å². The van der Waals surface area contributed by atoms with Crippen molar-refractivity contribution in [3.05, 3.63) is 0 Å². The van der Waals surface area contributed by atoms with Crippen LogP contribution >= 0.6 is 0 Å². The van der Waals surface area contributed by atoms with E-state index in [1.807, 2.05) is 0 Å². The van der Waals surface area contributed by atoms with Gasteiger partial charge in [-0.15, -0.1) is 0 Å². The number of unbranched alkanes of at least 4 members (excludes halogenated alkanes) is 2. The largest absolute Gasteiger partial charge is 0.271 e. The SMILES string of the molecule is CCCCCC(NN)C1CCC2CCCCC2C1. The molecule has 3 N–H and O–H groups in total. The molecule has 106 valence electrons. The van der Waals surface area contributed by atoms with E-state index in [1.165, 1.54) is 70.6 Å². The van der Waals surface area contributed by atoms with Crippen LogP contribution < -0.4 is 11.3 Å². The first kappa shape index (κ1) is 14.3. The average Bonchev–Trinajstić information content (AvgIpc) is 2.43. The number of hydrogen-bond donors (Lipinski definition) is 2. The Hall–Kier alpha value is -0.0800. The van der Waals surface area contributed by atoms with Crippen molar-refractivity contribution in [1.82, 2.24) is 5.43 Å². The molecule has 0 spiro atoms. The summed E-state index contributed by atoms with van der Waals surface area (Å²) in [6, 6.07) is 0.583. The van der Waals surface area contributed by atoms with Gasteiger partial charge in [-0.25, -0.2) is 0 Å². The van der Waals surface area contributed by atoms with Crippen LogP contribution in [0.1, 0.15) is 77.6 Å². The maximum Gasteiger partial charge on any atom is 0.0238 e. The predicted molar refractivity (Wildman–Crippen MR) is 78.0 cm³/mol. The van der Waals surface area contributed by atoms with Crippen LogP contribution in [0.15, 0.2) is 0 Å². The van der Waals surface area contributed by atoms with Gasteiger partial charge in [0.1, 0.15) is 0 Å². The fourth-order valence-electron chi connectivity index (χ4n) is 4.34. The Morgan fingerprint density at radius 1 is 1.06 bits per heavy atom. The summed E-state index contributed by atoms with van der Waals surface area (Å²) in [7, 11) is 0. The number of nitrogens with one attached hydrogen (secondary N) is 1. The first-order valence-electron chi connectivity index (χ1n) is 8.31. The minimum absolute atomic E-state index is 0.583. The molecule has 2 rings (SSSR count). The van der Waals surface area contributed by atoms with E-state index in [-0.39, 0.29) is 0 Å². The lowest BCUT2D eigenvalue weighted by Gasteiger charge is -2.41. The van der Waals surface area contributed by atoms with Crippen molar-refractivity contribution in [3.63, 3.8) is 0 Å². The van der Waals surface area contributed by atoms with Gasteiger partial charge in [-0.05, 0) is 43.4 Å². The van der Waals surface area contributed by atoms with Gasteiger partial charge in [0.2, 0.25) is 0 Å². The highest BCUT2D eigenvalue weighted by Gasteiger charge is 2.34. The van der Waals surface area contributed by atoms with Gasteiger partial charge in [0.25, 0.3) is 0 Å². The molecule has 2 fully saturated rings. The quantitative estimate of drug-likeness (QED) is 0.426. The Morgan fingerprint density at radius 3 is 2.56 bits per heavy atom. The molecular formula is C16H32N2. The maximum atomic E-state index is 5.80. The Balaban J connectivity index is 1.80. The monoisotopic (exact) mass is 252 g/mol. The summed E-state index contributed by atoms with van der Waals surface area (Å²) in [6.45, 7) is 2.28. The van der Waals surface area contributed by atoms with Crippen LogP contribution in [0.2, 0.25) is 0 Å². The highest BCUT2D eigenvalue weighted by Crippen LogP contribution is 2.43. The number of rotatable bonds is 6. The van der Waals surface area contributed by atoms with E-state index >= 15 is 0 Å². The summed E-state index contributed by atoms with van der Waals surface area (Å²) in [5.74, 6) is 8.74. The van der Waals surface area contributed by atoms with Gasteiger partial charge in [0.15, 0.2) is 0 Å². The van der Waals surface area contributed by atoms with Gasteiger partial charge in [0, 0.05) is 6.04 Å². The van der Waals surface area contributed by atoms with Crippen LogP contribution in [0.3, 0.4) is 0 Å². The van der Waals surface area contributed by atoms with E-state index in [0.29, 0.717) is 6.04 Å². The molecule has 2 aliphatic rings. The summed E-state index contributed by atoms with van der Waals surface area (Å²) < 4.78 is 0. The Labute approximate surface area is 113 Å². The third-order valence-corrected chi connectivity index (χ3v) is 5.48. The zero-order valence-corrected chi connectivity index (χ0v) is 12.2. The molecule has 0 heterocycles. The highest BCUT2D eigenvalue weighted by atomic mass is 15.2. The zero-order chi connectivity index (χ0) is 12.8. The second-order valence-corrected chi connectivity index (χ2v) is 6.65. The van der Waals surface area contributed by atoms with Crippen molar-refractivity contribution in [2.45, 2.75) is 83.6 Å². The minimum atomic E-state index is 0.583. The second-order valence-electron chi connectivity index (χ2n) is 6.65. The Kier molecular flexibility index (Phi) is 5.97. The van der Waals surface area contributed by atoms with E-state index in [4.69, 9.17) is 5.84 Å². The number of fused-ring (bicyclic) bond motifs is 1. The fraction of sp³-hybridized carbons (Fsp3) is 1.00. The summed E-state index contributed by atoms with van der Waals surface area (Å²) in [6.07, 6.45) is 15.6. The normalized spacial score (nSPS) is 34.0. The van der Waals surface area contributed by atoms with E-state index in [9.17, 15) is 0 Å². The van der Waals surface area contributed by atoms with E-state index in [2.05, 4.69) is 12.3 Å². The van der Waals surface area contributed by atoms with Crippen LogP contribution in [-0.4, -0.2) is 6.04 Å². The average molecular weight is 252 g/mol. The van der Waals surface area contributed by atoms with Crippen molar-refractivity contribution >= 4 is 0 Å². The first-order chi connectivity index (χ1) is 8.85. The third-order valence-electron chi connectivity index (χ3n) is 5.48. The Morgan fingerprint density at radius 2 is 1.83 bits per heavy atom. The smallest absolute Gasteiger partial charge is 0.0238 e. The van der Waals surface area contributed by atoms with Crippen molar-refractivity contribution in [1.29, 1.82) is 0 Å². The van der Waals surface area contributed by atoms with E-state index in [0.717, 1.165) is 17.8 Å². The van der Waals surface area contributed by atoms with Gasteiger partial charge >= 0.3 is 0 Å². The summed E-state index contributed by atoms with van der Waals surface area (Å²) in [5.41, 5.74) is 3.13. The van der Waals surface area contributed by atoms with Crippen LogP contribution in [0.4, 0.5) is 0 Å². The third kappa shape index (κ3) is 3.71. The molecule has 0 aromatic carbocycles. The fourth-order valence-corrected chi connectivity index (χ4v) is 4.34. The molecule has 18 heavy (non-hydrogen) atoms. The molecule has 0 aromatic rings. The highest BCUT2D eigenvalue weighted by molar-refractivity contribution is 4.87. The standard InChI is InChI=1S/C16H32N2/c1-2-3-4-9-16(18-17)15-11-10-13-7-5-6-8-14(13)12-15/h13-16,18H,2-12,17H2,1H3. The van der Waals surface area contributed by atoms with Crippen LogP contribution in [0.5, 0.6) is 0 Å². The molecular weight excluding hydrogens is 220 g/mol. The summed E-state index contributed by atoms with van der Waals surface area (Å²) in [5, 5.41) is 0. The molecule has 0 aliphatic heterocycles. The molecule has 0 saturated heterocycles. The number of hydrazine groups is 1. The molecule has 2 aliphatic carbocycles. The van der Waals surface area contributed by atoms with Crippen LogP contribution in [0, 0.1) is 17.8 Å².